The number of carbonyl (C=O) groups is 2. The van der Waals surface area contributed by atoms with Crippen molar-refractivity contribution >= 4 is 42.4 Å². The van der Waals surface area contributed by atoms with E-state index in [-0.39, 0.29) is 30.7 Å². The van der Waals surface area contributed by atoms with Gasteiger partial charge in [0, 0.05) is 24.6 Å². The van der Waals surface area contributed by atoms with Crippen LogP contribution in [0.4, 0.5) is 5.82 Å². The summed E-state index contributed by atoms with van der Waals surface area (Å²) < 4.78 is 0. The van der Waals surface area contributed by atoms with Gasteiger partial charge in [0.05, 0.1) is 0 Å². The Morgan fingerprint density at radius 1 is 1.07 bits per heavy atom. The first kappa shape index (κ1) is 25.7. The van der Waals surface area contributed by atoms with Crippen LogP contribution in [0.15, 0.2) is 48.7 Å². The number of nitrogens with zero attached hydrogens (tertiary/aromatic N) is 1. The number of halogens is 2. The predicted molar refractivity (Wildman–Crippen MR) is 116 cm³/mol. The number of nitrogens with one attached hydrogen (secondary N) is 1. The Balaban J connectivity index is 0.00000364. The number of carbonyl (C=O) groups excluding carboxylic acids is 2. The van der Waals surface area contributed by atoms with Crippen molar-refractivity contribution in [3.05, 3.63) is 59.8 Å². The minimum absolute atomic E-state index is 0. The second-order valence-corrected chi connectivity index (χ2v) is 6.45. The Morgan fingerprint density at radius 3 is 2.36 bits per heavy atom. The Hall–Kier alpha value is -2.31. The van der Waals surface area contributed by atoms with Gasteiger partial charge in [-0.15, -0.1) is 24.8 Å². The third kappa shape index (κ3) is 8.15. The standard InChI is InChI=1S/C20H26N4O2.2ClH/c1-14(17(19(22)25)8-7-15-5-3-2-4-6-15)20(26)24-12-10-16-9-11-23-18(21)13-16;;/h2-6,9,11,13-14,17H,7-8,10,12H2,1H3,(H2,21,23)(H2,22,25)(H,24,26);2*1H/t14-,17?;;/m0../s1. The number of anilines is 1. The molecule has 6 nitrogen and oxygen atoms in total. The van der Waals surface area contributed by atoms with Crippen LogP contribution < -0.4 is 16.8 Å². The fourth-order valence-corrected chi connectivity index (χ4v) is 2.93. The number of benzene rings is 1. The van der Waals surface area contributed by atoms with Gasteiger partial charge in [0.2, 0.25) is 11.8 Å². The molecule has 5 N–H and O–H groups in total. The van der Waals surface area contributed by atoms with E-state index in [0.717, 1.165) is 11.1 Å². The lowest BCUT2D eigenvalue weighted by Gasteiger charge is -2.20. The molecule has 0 saturated heterocycles. The summed E-state index contributed by atoms with van der Waals surface area (Å²) in [5.41, 5.74) is 13.3. The van der Waals surface area contributed by atoms with Gasteiger partial charge in [-0.05, 0) is 42.5 Å². The van der Waals surface area contributed by atoms with Crippen LogP contribution in [0.1, 0.15) is 24.5 Å². The summed E-state index contributed by atoms with van der Waals surface area (Å²) in [5.74, 6) is -1.11. The van der Waals surface area contributed by atoms with Crippen LogP contribution in [0.3, 0.4) is 0 Å². The highest BCUT2D eigenvalue weighted by atomic mass is 35.5. The van der Waals surface area contributed by atoms with E-state index in [4.69, 9.17) is 11.5 Å². The molecule has 8 heteroatoms. The molecule has 0 fully saturated rings. The van der Waals surface area contributed by atoms with Crippen molar-refractivity contribution in [3.8, 4) is 0 Å². The molecule has 0 radical (unpaired) electrons. The first-order chi connectivity index (χ1) is 12.5. The van der Waals surface area contributed by atoms with E-state index in [2.05, 4.69) is 10.3 Å². The number of nitrogens with two attached hydrogens (primary N) is 2. The molecule has 2 aromatic rings. The van der Waals surface area contributed by atoms with E-state index < -0.39 is 17.7 Å². The van der Waals surface area contributed by atoms with Crippen molar-refractivity contribution in [2.24, 2.45) is 17.6 Å². The van der Waals surface area contributed by atoms with E-state index in [1.165, 1.54) is 0 Å². The molecule has 0 aliphatic rings. The van der Waals surface area contributed by atoms with Crippen LogP contribution in [0.2, 0.25) is 0 Å². The first-order valence-electron chi connectivity index (χ1n) is 8.78. The van der Waals surface area contributed by atoms with Crippen LogP contribution in [-0.4, -0.2) is 23.3 Å². The summed E-state index contributed by atoms with van der Waals surface area (Å²) in [6.07, 6.45) is 3.55. The van der Waals surface area contributed by atoms with Gasteiger partial charge in [-0.2, -0.15) is 0 Å². The molecule has 0 bridgehead atoms. The number of pyridine rings is 1. The number of hydrogen-bond donors (Lipinski definition) is 3. The van der Waals surface area contributed by atoms with Crippen molar-refractivity contribution < 1.29 is 9.59 Å². The molecule has 28 heavy (non-hydrogen) atoms. The van der Waals surface area contributed by atoms with Gasteiger partial charge in [0.1, 0.15) is 5.82 Å². The molecule has 1 heterocycles. The highest BCUT2D eigenvalue weighted by Crippen LogP contribution is 2.19. The fraction of sp³-hybridized carbons (Fsp3) is 0.350. The molecule has 0 aliphatic heterocycles. The highest BCUT2D eigenvalue weighted by Gasteiger charge is 2.28. The quantitative estimate of drug-likeness (QED) is 0.571. The summed E-state index contributed by atoms with van der Waals surface area (Å²) in [5, 5.41) is 2.88. The maximum absolute atomic E-state index is 12.4. The van der Waals surface area contributed by atoms with Gasteiger partial charge in [-0.25, -0.2) is 4.98 Å². The lowest BCUT2D eigenvalue weighted by molar-refractivity contribution is -0.132. The fourth-order valence-electron chi connectivity index (χ4n) is 2.93. The zero-order valence-corrected chi connectivity index (χ0v) is 17.5. The molecule has 0 spiro atoms. The van der Waals surface area contributed by atoms with Gasteiger partial charge in [0.25, 0.3) is 0 Å². The summed E-state index contributed by atoms with van der Waals surface area (Å²) in [6, 6.07) is 13.5. The lowest BCUT2D eigenvalue weighted by Crippen LogP contribution is -2.39. The summed E-state index contributed by atoms with van der Waals surface area (Å²) in [7, 11) is 0. The molecule has 0 aliphatic carbocycles. The Morgan fingerprint density at radius 2 is 1.75 bits per heavy atom. The van der Waals surface area contributed by atoms with Gasteiger partial charge in [-0.1, -0.05) is 37.3 Å². The number of amides is 2. The minimum atomic E-state index is -0.494. The van der Waals surface area contributed by atoms with Crippen LogP contribution in [-0.2, 0) is 22.4 Å². The SMILES string of the molecule is C[C@H](C(=O)NCCc1ccnc(N)c1)C(CCc1ccccc1)C(N)=O.Cl.Cl. The van der Waals surface area contributed by atoms with Crippen LogP contribution >= 0.6 is 24.8 Å². The van der Waals surface area contributed by atoms with Crippen LogP contribution in [0.25, 0.3) is 0 Å². The lowest BCUT2D eigenvalue weighted by atomic mass is 9.87. The Kier molecular flexibility index (Phi) is 11.9. The molecule has 1 aromatic carbocycles. The zero-order chi connectivity index (χ0) is 18.9. The monoisotopic (exact) mass is 426 g/mol. The Labute approximate surface area is 178 Å². The maximum atomic E-state index is 12.4. The molecule has 0 saturated carbocycles. The summed E-state index contributed by atoms with van der Waals surface area (Å²) in [4.78, 5) is 28.2. The summed E-state index contributed by atoms with van der Waals surface area (Å²) >= 11 is 0. The second kappa shape index (κ2) is 13.0. The van der Waals surface area contributed by atoms with E-state index >= 15 is 0 Å². The number of hydrogen-bond acceptors (Lipinski definition) is 4. The van der Waals surface area contributed by atoms with E-state index in [0.29, 0.717) is 31.6 Å². The molecule has 1 unspecified atom stereocenters. The van der Waals surface area contributed by atoms with Crippen molar-refractivity contribution in [1.29, 1.82) is 0 Å². The molecule has 2 atom stereocenters. The van der Waals surface area contributed by atoms with Crippen molar-refractivity contribution in [1.82, 2.24) is 10.3 Å². The number of aryl methyl sites for hydroxylation is 1. The van der Waals surface area contributed by atoms with Crippen molar-refractivity contribution in [2.75, 3.05) is 12.3 Å². The maximum Gasteiger partial charge on any atom is 0.223 e. The van der Waals surface area contributed by atoms with Gasteiger partial charge >= 0.3 is 0 Å². The Bertz CT molecular complexity index is 744. The summed E-state index contributed by atoms with van der Waals surface area (Å²) in [6.45, 7) is 2.22. The van der Waals surface area contributed by atoms with Gasteiger partial charge < -0.3 is 16.8 Å². The van der Waals surface area contributed by atoms with Crippen molar-refractivity contribution in [3.63, 3.8) is 0 Å². The third-order valence-electron chi connectivity index (χ3n) is 4.53. The first-order valence-corrected chi connectivity index (χ1v) is 8.78. The largest absolute Gasteiger partial charge is 0.384 e. The third-order valence-corrected chi connectivity index (χ3v) is 4.53. The predicted octanol–water partition coefficient (Wildman–Crippen LogP) is 2.54. The molecular weight excluding hydrogens is 399 g/mol. The molecule has 2 rings (SSSR count). The minimum Gasteiger partial charge on any atom is -0.384 e. The van der Waals surface area contributed by atoms with Crippen LogP contribution in [0, 0.1) is 11.8 Å². The normalized spacial score (nSPS) is 12.0. The van der Waals surface area contributed by atoms with Crippen LogP contribution in [0.5, 0.6) is 0 Å². The number of nitrogen functional groups attached to an aromatic ring is 1. The molecule has 2 amide bonds. The highest BCUT2D eigenvalue weighted by molar-refractivity contribution is 5.86. The smallest absolute Gasteiger partial charge is 0.223 e. The van der Waals surface area contributed by atoms with Gasteiger partial charge in [-0.3, -0.25) is 9.59 Å². The number of rotatable bonds is 9. The zero-order valence-electron chi connectivity index (χ0n) is 15.8. The second-order valence-electron chi connectivity index (χ2n) is 6.45. The van der Waals surface area contributed by atoms with E-state index in [1.54, 1.807) is 19.2 Å². The van der Waals surface area contributed by atoms with E-state index in [9.17, 15) is 9.59 Å². The van der Waals surface area contributed by atoms with Crippen molar-refractivity contribution in [2.45, 2.75) is 26.2 Å². The molecular formula is C20H28Cl2N4O2. The molecule has 1 aromatic heterocycles. The molecule has 154 valence electrons. The number of primary amides is 1. The van der Waals surface area contributed by atoms with Gasteiger partial charge in [0.15, 0.2) is 0 Å². The topological polar surface area (TPSA) is 111 Å². The average Bonchev–Trinajstić information content (AvgIpc) is 2.62. The average molecular weight is 427 g/mol. The number of aromatic nitrogens is 1. The van der Waals surface area contributed by atoms with E-state index in [1.807, 2.05) is 36.4 Å².